The quantitative estimate of drug-likeness (QED) is 0.0427. The summed E-state index contributed by atoms with van der Waals surface area (Å²) in [5.74, 6) is -1.47. The highest BCUT2D eigenvalue weighted by atomic mass is 16.8. The fourth-order valence-electron chi connectivity index (χ4n) is 12.0. The van der Waals surface area contributed by atoms with Gasteiger partial charge in [-0.05, 0) is 0 Å². The van der Waals surface area contributed by atoms with Crippen molar-refractivity contribution in [2.24, 2.45) is 0 Å². The Balaban J connectivity index is 1.12. The maximum atomic E-state index is 12.8. The van der Waals surface area contributed by atoms with Crippen LogP contribution in [0.4, 0.5) is 0 Å². The number of amides is 2. The Morgan fingerprint density at radius 2 is 0.638 bits per heavy atom. The molecule has 0 aromatic heterocycles. The molecule has 8 fully saturated rings. The lowest BCUT2D eigenvalue weighted by Crippen LogP contribution is -2.70. The molecule has 0 radical (unpaired) electrons. The van der Waals surface area contributed by atoms with E-state index in [1.807, 2.05) is 0 Å². The Morgan fingerprint density at radius 3 is 1.11 bits per heavy atom. The molecule has 8 rings (SSSR count). The Labute approximate surface area is 532 Å². The molecule has 25 N–H and O–H groups in total. The Hall–Kier alpha value is -2.58. The smallest absolute Gasteiger partial charge is 0.217 e. The van der Waals surface area contributed by atoms with Gasteiger partial charge in [0.15, 0.2) is 44.0 Å². The van der Waals surface area contributed by atoms with Crippen LogP contribution in [-0.2, 0) is 80.6 Å². The summed E-state index contributed by atoms with van der Waals surface area (Å²) in [5, 5.41) is 256. The van der Waals surface area contributed by atoms with Crippen LogP contribution < -0.4 is 10.6 Å². The van der Waals surface area contributed by atoms with Gasteiger partial charge in [0.1, 0.15) is 189 Å². The predicted octanol–water partition coefficient (Wildman–Crippen LogP) is -17.5. The first kappa shape index (κ1) is 77.2. The zero-order chi connectivity index (χ0) is 69.1. The molecule has 94 heavy (non-hydrogen) atoms. The number of ether oxygens (including phenoxy) is 15. The molecule has 2 amide bonds. The van der Waals surface area contributed by atoms with Crippen LogP contribution >= 0.6 is 0 Å². The van der Waals surface area contributed by atoms with Gasteiger partial charge in [-0.15, -0.1) is 0 Å². The summed E-state index contributed by atoms with van der Waals surface area (Å²) in [6.07, 6.45) is -74.6. The van der Waals surface area contributed by atoms with Gasteiger partial charge in [-0.3, -0.25) is 9.59 Å². The van der Waals surface area contributed by atoms with Crippen molar-refractivity contribution in [3.05, 3.63) is 0 Å². The number of aliphatic hydroxyl groups is 23. The van der Waals surface area contributed by atoms with Crippen molar-refractivity contribution in [1.82, 2.24) is 10.6 Å². The Morgan fingerprint density at radius 1 is 0.309 bits per heavy atom. The van der Waals surface area contributed by atoms with Crippen LogP contribution in [0.15, 0.2) is 0 Å². The standard InChI is InChI=1S/C52H88N2O40/c1-12(61)53-14-9-80-19(7-59)41(24(14)63)90-46-23(54-13(2)62)31(70)42(20(8-60)87-46)91-51-40(79)44(93-52-45(35(74)28(67)18(6-58)86-52)94-50-38(77)34(73)27(66)17(5-57)85-50)30(69)22(89-51)11-82-48-39(78)43(92-49-37(76)33(72)26(65)16(4-56)84-49)29(68)21(88-48)10-81-47-36(75)32(71)25(64)15(3-55)83-47/h14-52,55-60,63-79H,3-11H2,1-2H3,(H,53,61)(H,54,62)/t14-,15+,16+,17+,18+,19+,20+,21+,22+,23+,24+,25+,26+,27+,28+,29+,30+,31+,32-,33-,34-,35-,36-,37-,38-,39-,40-,41+,42+,43-,44-,45-,46-,47-,48-,49+,50+,51-,52+/m0/s1. The molecular weight excluding hydrogens is 1290 g/mol. The lowest BCUT2D eigenvalue weighted by molar-refractivity contribution is -0.399. The van der Waals surface area contributed by atoms with Crippen molar-refractivity contribution in [1.29, 1.82) is 0 Å². The molecule has 8 aliphatic heterocycles. The fraction of sp³-hybridized carbons (Fsp3) is 0.962. The van der Waals surface area contributed by atoms with Crippen molar-refractivity contribution < 1.29 is 198 Å². The van der Waals surface area contributed by atoms with Gasteiger partial charge in [0.05, 0.1) is 65.5 Å². The first-order valence-corrected chi connectivity index (χ1v) is 30.0. The normalized spacial score (nSPS) is 50.4. The zero-order valence-corrected chi connectivity index (χ0v) is 50.1. The number of carbonyl (C=O) groups excluding carboxylic acids is 2. The van der Waals surface area contributed by atoms with Gasteiger partial charge in [-0.25, -0.2) is 0 Å². The summed E-state index contributed by atoms with van der Waals surface area (Å²) < 4.78 is 87.1. The first-order valence-electron chi connectivity index (χ1n) is 30.0. The molecule has 0 saturated carbocycles. The van der Waals surface area contributed by atoms with Crippen LogP contribution in [0.3, 0.4) is 0 Å². The van der Waals surface area contributed by atoms with Crippen molar-refractivity contribution in [2.45, 2.75) is 253 Å². The second-order valence-corrected chi connectivity index (χ2v) is 23.8. The van der Waals surface area contributed by atoms with Gasteiger partial charge in [0.2, 0.25) is 11.8 Å². The van der Waals surface area contributed by atoms with Gasteiger partial charge in [0.25, 0.3) is 0 Å². The predicted molar refractivity (Wildman–Crippen MR) is 286 cm³/mol. The minimum Gasteiger partial charge on any atom is -0.394 e. The van der Waals surface area contributed by atoms with Gasteiger partial charge >= 0.3 is 0 Å². The molecule has 8 saturated heterocycles. The fourth-order valence-corrected chi connectivity index (χ4v) is 12.0. The van der Waals surface area contributed by atoms with E-state index >= 15 is 0 Å². The van der Waals surface area contributed by atoms with Gasteiger partial charge < -0.3 is 199 Å². The van der Waals surface area contributed by atoms with E-state index in [0.717, 1.165) is 13.8 Å². The molecule has 8 heterocycles. The lowest BCUT2D eigenvalue weighted by atomic mass is 9.94. The van der Waals surface area contributed by atoms with Crippen LogP contribution in [0.2, 0.25) is 0 Å². The monoisotopic (exact) mass is 1380 g/mol. The molecule has 0 spiro atoms. The number of nitrogens with one attached hydrogen (secondary N) is 2. The number of rotatable bonds is 24. The summed E-state index contributed by atoms with van der Waals surface area (Å²) in [4.78, 5) is 24.8. The van der Waals surface area contributed by atoms with E-state index in [9.17, 15) is 127 Å². The van der Waals surface area contributed by atoms with Crippen molar-refractivity contribution in [3.63, 3.8) is 0 Å². The van der Waals surface area contributed by atoms with E-state index in [1.165, 1.54) is 0 Å². The Kier molecular flexibility index (Phi) is 27.7. The third kappa shape index (κ3) is 16.7. The van der Waals surface area contributed by atoms with E-state index in [-0.39, 0.29) is 6.61 Å². The highest BCUT2D eigenvalue weighted by Crippen LogP contribution is 2.38. The second kappa shape index (κ2) is 33.7. The van der Waals surface area contributed by atoms with Gasteiger partial charge in [-0.2, -0.15) is 0 Å². The molecule has 546 valence electrons. The van der Waals surface area contributed by atoms with Crippen LogP contribution in [0.5, 0.6) is 0 Å². The molecule has 39 atom stereocenters. The van der Waals surface area contributed by atoms with E-state index in [0.29, 0.717) is 0 Å². The van der Waals surface area contributed by atoms with Crippen LogP contribution in [-0.4, -0.2) is 428 Å². The SMILES string of the molecule is CC(=O)N[C@H]1[C@H](O[C@H]2[C@H](O)[C@@H](NC(C)=O)CO[C@@H]2CO)O[C@H](CO)[C@@H](O[C@@H]2O[C@H](CO[C@H]3O[C@H](CO[C@H]4O[C@H](CO)[C@@H](O)[C@H](O)[C@@H]4O)[C@@H](O)[C@H](O[C@H]4O[C@H](CO)[C@@H](O)[C@H](O)[C@@H]4O)[C@@H]3O)[C@@H](O)[C@H](O[C@H]3O[C@H](CO)[C@@H](O)[C@H](O)[C@@H]3O[C@H]3O[C@H](CO)[C@@H](O)[C@H](O)[C@@H]3O)[C@@H]2O)[C@@H]1O. The third-order valence-electron chi connectivity index (χ3n) is 17.4. The van der Waals surface area contributed by atoms with Gasteiger partial charge in [0, 0.05) is 13.8 Å². The molecular formula is C52H88N2O40. The first-order chi connectivity index (χ1) is 44.5. The number of aliphatic hydroxyl groups excluding tert-OH is 23. The molecule has 42 heteroatoms. The minimum absolute atomic E-state index is 0.315. The van der Waals surface area contributed by atoms with Crippen molar-refractivity contribution in [3.8, 4) is 0 Å². The minimum atomic E-state index is -2.46. The molecule has 0 aromatic rings. The summed E-state index contributed by atoms with van der Waals surface area (Å²) in [5.41, 5.74) is 0. The Bertz CT molecular complexity index is 2350. The average Bonchev–Trinajstić information content (AvgIpc) is 0.782. The molecule has 0 aromatic carbocycles. The molecule has 42 nitrogen and oxygen atoms in total. The van der Waals surface area contributed by atoms with E-state index in [2.05, 4.69) is 10.6 Å². The zero-order valence-electron chi connectivity index (χ0n) is 50.1. The topological polar surface area (TPSA) is 662 Å². The summed E-state index contributed by atoms with van der Waals surface area (Å²) in [7, 11) is 0. The van der Waals surface area contributed by atoms with Crippen molar-refractivity contribution >= 4 is 11.8 Å². The maximum absolute atomic E-state index is 12.8. The summed E-state index contributed by atoms with van der Waals surface area (Å²) in [6.45, 7) is -6.16. The second-order valence-electron chi connectivity index (χ2n) is 23.8. The highest BCUT2D eigenvalue weighted by molar-refractivity contribution is 5.73. The number of hydrogen-bond donors (Lipinski definition) is 25. The van der Waals surface area contributed by atoms with E-state index in [1.54, 1.807) is 0 Å². The largest absolute Gasteiger partial charge is 0.394 e. The van der Waals surface area contributed by atoms with Crippen LogP contribution in [0.1, 0.15) is 13.8 Å². The van der Waals surface area contributed by atoms with Crippen molar-refractivity contribution in [2.75, 3.05) is 59.5 Å². The molecule has 0 bridgehead atoms. The lowest BCUT2D eigenvalue weighted by Gasteiger charge is -2.50. The van der Waals surface area contributed by atoms with Crippen LogP contribution in [0, 0.1) is 0 Å². The number of carbonyl (C=O) groups is 2. The molecule has 0 unspecified atom stereocenters. The van der Waals surface area contributed by atoms with E-state index < -0.39 is 304 Å². The number of hydrogen-bond acceptors (Lipinski definition) is 40. The van der Waals surface area contributed by atoms with E-state index in [4.69, 9.17) is 71.1 Å². The summed E-state index contributed by atoms with van der Waals surface area (Å²) >= 11 is 0. The molecule has 8 aliphatic rings. The maximum Gasteiger partial charge on any atom is 0.217 e. The highest BCUT2D eigenvalue weighted by Gasteiger charge is 2.59. The van der Waals surface area contributed by atoms with Gasteiger partial charge in [-0.1, -0.05) is 0 Å². The van der Waals surface area contributed by atoms with Crippen LogP contribution in [0.25, 0.3) is 0 Å². The third-order valence-corrected chi connectivity index (χ3v) is 17.4. The molecule has 0 aliphatic carbocycles. The average molecular weight is 1380 g/mol. The summed E-state index contributed by atoms with van der Waals surface area (Å²) in [6, 6.07) is -2.94.